The van der Waals surface area contributed by atoms with Crippen LogP contribution in [0, 0.1) is 6.92 Å². The molecule has 1 aliphatic carbocycles. The lowest BCUT2D eigenvalue weighted by molar-refractivity contribution is 0.00988. The van der Waals surface area contributed by atoms with Gasteiger partial charge in [0.2, 0.25) is 0 Å². The summed E-state index contributed by atoms with van der Waals surface area (Å²) in [5.74, 6) is 0.837. The molecule has 2 aliphatic rings. The SMILES string of the molecule is Cc1cc2cc(C(=O)N[C@H]3COC4(CCCC4)C3)ccc2o1. The Bertz CT molecular complexity index is 712. The molecule has 1 N–H and O–H groups in total. The van der Waals surface area contributed by atoms with Gasteiger partial charge in [-0.3, -0.25) is 4.79 Å². The van der Waals surface area contributed by atoms with Crippen LogP contribution in [0.25, 0.3) is 11.0 Å². The van der Waals surface area contributed by atoms with Crippen molar-refractivity contribution < 1.29 is 13.9 Å². The summed E-state index contributed by atoms with van der Waals surface area (Å²) in [4.78, 5) is 12.5. The van der Waals surface area contributed by atoms with E-state index in [1.165, 1.54) is 12.8 Å². The van der Waals surface area contributed by atoms with Crippen LogP contribution in [0.3, 0.4) is 0 Å². The first-order valence-corrected chi connectivity index (χ1v) is 8.09. The van der Waals surface area contributed by atoms with Crippen molar-refractivity contribution in [3.63, 3.8) is 0 Å². The maximum Gasteiger partial charge on any atom is 0.251 e. The highest BCUT2D eigenvalue weighted by Crippen LogP contribution is 2.40. The number of furan rings is 1. The summed E-state index contributed by atoms with van der Waals surface area (Å²) in [6.07, 6.45) is 5.72. The molecule has 2 aromatic rings. The van der Waals surface area contributed by atoms with Gasteiger partial charge in [0, 0.05) is 10.9 Å². The lowest BCUT2D eigenvalue weighted by atomic mass is 9.96. The number of nitrogens with one attached hydrogen (secondary N) is 1. The maximum atomic E-state index is 12.5. The molecule has 2 fully saturated rings. The molecule has 4 heteroatoms. The van der Waals surface area contributed by atoms with E-state index in [0.717, 1.165) is 36.0 Å². The van der Waals surface area contributed by atoms with E-state index in [9.17, 15) is 4.79 Å². The lowest BCUT2D eigenvalue weighted by Gasteiger charge is -2.21. The van der Waals surface area contributed by atoms with E-state index in [2.05, 4.69) is 5.32 Å². The van der Waals surface area contributed by atoms with Crippen LogP contribution < -0.4 is 5.32 Å². The molecule has 1 saturated heterocycles. The number of aryl methyl sites for hydroxylation is 1. The van der Waals surface area contributed by atoms with E-state index in [1.54, 1.807) is 0 Å². The average Bonchev–Trinajstić information content (AvgIpc) is 3.19. The van der Waals surface area contributed by atoms with Gasteiger partial charge in [-0.25, -0.2) is 0 Å². The highest BCUT2D eigenvalue weighted by molar-refractivity contribution is 5.98. The molecule has 0 unspecified atom stereocenters. The van der Waals surface area contributed by atoms with Crippen LogP contribution in [-0.2, 0) is 4.74 Å². The average molecular weight is 299 g/mol. The van der Waals surface area contributed by atoms with E-state index in [4.69, 9.17) is 9.15 Å². The van der Waals surface area contributed by atoms with Gasteiger partial charge in [0.25, 0.3) is 5.91 Å². The third kappa shape index (κ3) is 2.41. The molecule has 0 radical (unpaired) electrons. The van der Waals surface area contributed by atoms with Crippen LogP contribution in [0.15, 0.2) is 28.7 Å². The van der Waals surface area contributed by atoms with Crippen LogP contribution in [0.1, 0.15) is 48.2 Å². The highest BCUT2D eigenvalue weighted by atomic mass is 16.5. The summed E-state index contributed by atoms with van der Waals surface area (Å²) in [6.45, 7) is 2.55. The minimum absolute atomic E-state index is 0.0237. The summed E-state index contributed by atoms with van der Waals surface area (Å²) >= 11 is 0. The maximum absolute atomic E-state index is 12.5. The van der Waals surface area contributed by atoms with E-state index in [-0.39, 0.29) is 17.6 Å². The van der Waals surface area contributed by atoms with Crippen LogP contribution in [0.4, 0.5) is 0 Å². The molecule has 1 amide bonds. The van der Waals surface area contributed by atoms with Crippen molar-refractivity contribution >= 4 is 16.9 Å². The predicted molar refractivity (Wildman–Crippen MR) is 84.0 cm³/mol. The van der Waals surface area contributed by atoms with Gasteiger partial charge in [0.05, 0.1) is 18.2 Å². The molecular formula is C18H21NO3. The number of rotatable bonds is 2. The van der Waals surface area contributed by atoms with Gasteiger partial charge >= 0.3 is 0 Å². The molecule has 4 nitrogen and oxygen atoms in total. The van der Waals surface area contributed by atoms with E-state index >= 15 is 0 Å². The first-order chi connectivity index (χ1) is 10.6. The molecule has 0 bridgehead atoms. The smallest absolute Gasteiger partial charge is 0.251 e. The lowest BCUT2D eigenvalue weighted by Crippen LogP contribution is -2.36. The number of ether oxygens (including phenoxy) is 1. The molecule has 1 atom stereocenters. The number of hydrogen-bond acceptors (Lipinski definition) is 3. The van der Waals surface area contributed by atoms with E-state index < -0.39 is 0 Å². The normalized spacial score (nSPS) is 23.4. The minimum atomic E-state index is -0.0237. The number of amides is 1. The number of fused-ring (bicyclic) bond motifs is 1. The third-order valence-corrected chi connectivity index (χ3v) is 4.96. The van der Waals surface area contributed by atoms with Crippen molar-refractivity contribution in [3.05, 3.63) is 35.6 Å². The Morgan fingerprint density at radius 1 is 1.27 bits per heavy atom. The van der Waals surface area contributed by atoms with E-state index in [1.807, 2.05) is 31.2 Å². The quantitative estimate of drug-likeness (QED) is 0.922. The monoisotopic (exact) mass is 299 g/mol. The molecule has 1 spiro atoms. The summed E-state index contributed by atoms with van der Waals surface area (Å²) in [5.41, 5.74) is 1.55. The standard InChI is InChI=1S/C18H21NO3/c1-12-8-14-9-13(4-5-16(14)22-12)17(20)19-15-10-18(21-11-15)6-2-3-7-18/h4-5,8-9,15H,2-3,6-7,10-11H2,1H3,(H,19,20)/t15-/m1/s1. The molecule has 1 aromatic heterocycles. The second-order valence-electron chi connectivity index (χ2n) is 6.69. The van der Waals surface area contributed by atoms with Crippen molar-refractivity contribution in [3.8, 4) is 0 Å². The zero-order valence-electron chi connectivity index (χ0n) is 12.9. The van der Waals surface area contributed by atoms with Crippen LogP contribution >= 0.6 is 0 Å². The van der Waals surface area contributed by atoms with Crippen LogP contribution in [0.2, 0.25) is 0 Å². The third-order valence-electron chi connectivity index (χ3n) is 4.96. The van der Waals surface area contributed by atoms with Gasteiger partial charge in [-0.2, -0.15) is 0 Å². The number of carbonyl (C=O) groups excluding carboxylic acids is 1. The molecular weight excluding hydrogens is 278 g/mol. The summed E-state index contributed by atoms with van der Waals surface area (Å²) in [7, 11) is 0. The zero-order valence-corrected chi connectivity index (χ0v) is 12.9. The largest absolute Gasteiger partial charge is 0.461 e. The van der Waals surface area contributed by atoms with Gasteiger partial charge in [-0.15, -0.1) is 0 Å². The van der Waals surface area contributed by atoms with Crippen molar-refractivity contribution in [2.24, 2.45) is 0 Å². The Morgan fingerprint density at radius 2 is 2.09 bits per heavy atom. The second-order valence-corrected chi connectivity index (χ2v) is 6.69. The fourth-order valence-electron chi connectivity index (χ4n) is 3.89. The summed E-state index contributed by atoms with van der Waals surface area (Å²) in [6, 6.07) is 7.66. The molecule has 116 valence electrons. The first-order valence-electron chi connectivity index (χ1n) is 8.09. The fourth-order valence-corrected chi connectivity index (χ4v) is 3.89. The van der Waals surface area contributed by atoms with Gasteiger partial charge in [0.1, 0.15) is 11.3 Å². The number of carbonyl (C=O) groups is 1. The van der Waals surface area contributed by atoms with Crippen molar-refractivity contribution in [1.82, 2.24) is 5.32 Å². The Kier molecular flexibility index (Phi) is 3.22. The van der Waals surface area contributed by atoms with Gasteiger partial charge in [0.15, 0.2) is 0 Å². The van der Waals surface area contributed by atoms with Crippen LogP contribution in [0.5, 0.6) is 0 Å². The van der Waals surface area contributed by atoms with Crippen molar-refractivity contribution in [1.29, 1.82) is 0 Å². The molecule has 1 aliphatic heterocycles. The molecule has 4 rings (SSSR count). The topological polar surface area (TPSA) is 51.5 Å². The minimum Gasteiger partial charge on any atom is -0.461 e. The summed E-state index contributed by atoms with van der Waals surface area (Å²) in [5, 5.41) is 4.10. The second kappa shape index (κ2) is 5.13. The predicted octanol–water partition coefficient (Wildman–Crippen LogP) is 3.57. The Hall–Kier alpha value is -1.81. The molecule has 1 aromatic carbocycles. The van der Waals surface area contributed by atoms with Gasteiger partial charge < -0.3 is 14.5 Å². The van der Waals surface area contributed by atoms with Gasteiger partial charge in [-0.05, 0) is 50.5 Å². The van der Waals surface area contributed by atoms with Crippen LogP contribution in [-0.4, -0.2) is 24.2 Å². The molecule has 2 heterocycles. The first kappa shape index (κ1) is 13.8. The summed E-state index contributed by atoms with van der Waals surface area (Å²) < 4.78 is 11.5. The highest BCUT2D eigenvalue weighted by Gasteiger charge is 2.42. The zero-order chi connectivity index (χ0) is 15.2. The van der Waals surface area contributed by atoms with Crippen molar-refractivity contribution in [2.75, 3.05) is 6.61 Å². The Labute approximate surface area is 129 Å². The van der Waals surface area contributed by atoms with Gasteiger partial charge in [-0.1, -0.05) is 12.8 Å². The Morgan fingerprint density at radius 3 is 2.91 bits per heavy atom. The number of benzene rings is 1. The Balaban J connectivity index is 1.47. The molecule has 22 heavy (non-hydrogen) atoms. The molecule has 1 saturated carbocycles. The number of hydrogen-bond donors (Lipinski definition) is 1. The fraction of sp³-hybridized carbons (Fsp3) is 0.500. The van der Waals surface area contributed by atoms with Crippen molar-refractivity contribution in [2.45, 2.75) is 50.7 Å². The van der Waals surface area contributed by atoms with E-state index in [0.29, 0.717) is 12.2 Å².